The summed E-state index contributed by atoms with van der Waals surface area (Å²) in [5.41, 5.74) is 0.743. The highest BCUT2D eigenvalue weighted by Gasteiger charge is 2.20. The van der Waals surface area contributed by atoms with Crippen LogP contribution in [-0.4, -0.2) is 29.8 Å². The van der Waals surface area contributed by atoms with Crippen molar-refractivity contribution in [3.63, 3.8) is 0 Å². The fraction of sp³-hybridized carbons (Fsp3) is 0.385. The van der Waals surface area contributed by atoms with Gasteiger partial charge in [0.25, 0.3) is 0 Å². The number of nitrogens with one attached hydrogen (secondary N) is 1. The molecule has 0 spiro atoms. The Morgan fingerprint density at radius 3 is 2.67 bits per heavy atom. The summed E-state index contributed by atoms with van der Waals surface area (Å²) >= 11 is 3.33. The van der Waals surface area contributed by atoms with Gasteiger partial charge in [0, 0.05) is 23.1 Å². The lowest BCUT2D eigenvalue weighted by Crippen LogP contribution is -2.40. The lowest BCUT2D eigenvalue weighted by molar-refractivity contribution is -0.136. The number of benzene rings is 1. The van der Waals surface area contributed by atoms with Gasteiger partial charge in [-0.05, 0) is 37.1 Å². The summed E-state index contributed by atoms with van der Waals surface area (Å²) in [5, 5.41) is 2.78. The van der Waals surface area contributed by atoms with E-state index in [9.17, 15) is 9.59 Å². The highest BCUT2D eigenvalue weighted by atomic mass is 79.9. The fourth-order valence-electron chi connectivity index (χ4n) is 1.94. The van der Waals surface area contributed by atoms with Gasteiger partial charge in [0.15, 0.2) is 0 Å². The van der Waals surface area contributed by atoms with Crippen LogP contribution in [0.5, 0.6) is 0 Å². The second kappa shape index (κ2) is 6.00. The molecule has 5 heteroatoms. The topological polar surface area (TPSA) is 49.4 Å². The number of anilines is 1. The molecular weight excluding hydrogens is 296 g/mol. The van der Waals surface area contributed by atoms with Gasteiger partial charge < -0.3 is 10.2 Å². The molecule has 1 fully saturated rings. The summed E-state index contributed by atoms with van der Waals surface area (Å²) in [6.07, 6.45) is 2.48. The Morgan fingerprint density at radius 1 is 1.28 bits per heavy atom. The molecule has 4 nitrogen and oxygen atoms in total. The fourth-order valence-corrected chi connectivity index (χ4v) is 2.20. The van der Waals surface area contributed by atoms with Crippen molar-refractivity contribution in [1.82, 2.24) is 4.90 Å². The molecule has 0 unspecified atom stereocenters. The zero-order valence-electron chi connectivity index (χ0n) is 9.99. The van der Waals surface area contributed by atoms with Crippen LogP contribution in [0.25, 0.3) is 0 Å². The molecule has 1 heterocycles. The van der Waals surface area contributed by atoms with E-state index in [1.807, 2.05) is 24.3 Å². The Morgan fingerprint density at radius 2 is 2.00 bits per heavy atom. The molecule has 1 aromatic rings. The number of carbonyl (C=O) groups excluding carboxylic acids is 2. The molecule has 0 aliphatic carbocycles. The Bertz CT molecular complexity index is 445. The van der Waals surface area contributed by atoms with E-state index in [1.165, 1.54) is 0 Å². The molecule has 0 atom stereocenters. The van der Waals surface area contributed by atoms with E-state index in [1.54, 1.807) is 4.90 Å². The first kappa shape index (κ1) is 13.1. The van der Waals surface area contributed by atoms with Crippen LogP contribution in [0.15, 0.2) is 28.7 Å². The third-order valence-corrected chi connectivity index (χ3v) is 3.41. The Kier molecular flexibility index (Phi) is 4.36. The number of carbonyl (C=O) groups is 2. The van der Waals surface area contributed by atoms with E-state index < -0.39 is 0 Å². The molecule has 18 heavy (non-hydrogen) atoms. The summed E-state index contributed by atoms with van der Waals surface area (Å²) < 4.78 is 0.965. The van der Waals surface area contributed by atoms with E-state index in [4.69, 9.17) is 0 Å². The van der Waals surface area contributed by atoms with Crippen molar-refractivity contribution >= 4 is 33.4 Å². The van der Waals surface area contributed by atoms with Crippen LogP contribution in [0.4, 0.5) is 5.69 Å². The van der Waals surface area contributed by atoms with Gasteiger partial charge in [-0.25, -0.2) is 0 Å². The van der Waals surface area contributed by atoms with E-state index in [0.29, 0.717) is 13.0 Å². The molecule has 0 aromatic heterocycles. The first-order valence-electron chi connectivity index (χ1n) is 5.98. The standard InChI is InChI=1S/C13H15BrN2O2/c14-10-4-6-11(7-5-10)15-12(17)9-16-8-2-1-3-13(16)18/h4-7H,1-3,8-9H2,(H,15,17). The average Bonchev–Trinajstić information content (AvgIpc) is 2.35. The van der Waals surface area contributed by atoms with Crippen molar-refractivity contribution in [3.05, 3.63) is 28.7 Å². The highest BCUT2D eigenvalue weighted by molar-refractivity contribution is 9.10. The molecule has 1 aliphatic heterocycles. The third-order valence-electron chi connectivity index (χ3n) is 2.88. The zero-order chi connectivity index (χ0) is 13.0. The number of amides is 2. The van der Waals surface area contributed by atoms with Gasteiger partial charge in [-0.1, -0.05) is 15.9 Å². The lowest BCUT2D eigenvalue weighted by Gasteiger charge is -2.25. The maximum Gasteiger partial charge on any atom is 0.243 e. The minimum Gasteiger partial charge on any atom is -0.333 e. The summed E-state index contributed by atoms with van der Waals surface area (Å²) in [7, 11) is 0. The number of hydrogen-bond acceptors (Lipinski definition) is 2. The first-order valence-corrected chi connectivity index (χ1v) is 6.77. The monoisotopic (exact) mass is 310 g/mol. The van der Waals surface area contributed by atoms with Gasteiger partial charge >= 0.3 is 0 Å². The summed E-state index contributed by atoms with van der Waals surface area (Å²) in [5.74, 6) is -0.0696. The van der Waals surface area contributed by atoms with Gasteiger partial charge in [-0.15, -0.1) is 0 Å². The van der Waals surface area contributed by atoms with Crippen LogP contribution in [0.1, 0.15) is 19.3 Å². The molecule has 1 N–H and O–H groups in total. The van der Waals surface area contributed by atoms with Crippen LogP contribution in [0, 0.1) is 0 Å². The Balaban J connectivity index is 1.88. The normalized spacial score (nSPS) is 15.6. The Labute approximate surface area is 114 Å². The molecule has 1 aliphatic rings. The molecule has 2 rings (SSSR count). The predicted molar refractivity (Wildman–Crippen MR) is 73.2 cm³/mol. The number of likely N-dealkylation sites (tertiary alicyclic amines) is 1. The van der Waals surface area contributed by atoms with Gasteiger partial charge in [0.2, 0.25) is 11.8 Å². The van der Waals surface area contributed by atoms with Crippen LogP contribution in [0.3, 0.4) is 0 Å². The van der Waals surface area contributed by atoms with Crippen LogP contribution in [0.2, 0.25) is 0 Å². The number of piperidine rings is 1. The Hall–Kier alpha value is -1.36. The number of hydrogen-bond donors (Lipinski definition) is 1. The van der Waals surface area contributed by atoms with Crippen molar-refractivity contribution in [2.75, 3.05) is 18.4 Å². The van der Waals surface area contributed by atoms with Crippen LogP contribution >= 0.6 is 15.9 Å². The molecular formula is C13H15BrN2O2. The molecule has 2 amide bonds. The maximum atomic E-state index is 11.8. The average molecular weight is 311 g/mol. The molecule has 1 saturated heterocycles. The van der Waals surface area contributed by atoms with E-state index in [2.05, 4.69) is 21.2 Å². The maximum absolute atomic E-state index is 11.8. The van der Waals surface area contributed by atoms with Crippen molar-refractivity contribution in [3.8, 4) is 0 Å². The number of nitrogens with zero attached hydrogens (tertiary/aromatic N) is 1. The van der Waals surface area contributed by atoms with Crippen molar-refractivity contribution < 1.29 is 9.59 Å². The molecule has 96 valence electrons. The van der Waals surface area contributed by atoms with E-state index in [0.717, 1.165) is 23.0 Å². The predicted octanol–water partition coefficient (Wildman–Crippen LogP) is 2.40. The smallest absolute Gasteiger partial charge is 0.243 e. The van der Waals surface area contributed by atoms with Crippen molar-refractivity contribution in [1.29, 1.82) is 0 Å². The SMILES string of the molecule is O=C(CN1CCCCC1=O)Nc1ccc(Br)cc1. The second-order valence-corrected chi connectivity index (χ2v) is 5.24. The minimum absolute atomic E-state index is 0.0761. The second-order valence-electron chi connectivity index (χ2n) is 4.33. The summed E-state index contributed by atoms with van der Waals surface area (Å²) in [4.78, 5) is 25.0. The van der Waals surface area contributed by atoms with E-state index in [-0.39, 0.29) is 18.4 Å². The molecule has 1 aromatic carbocycles. The number of rotatable bonds is 3. The zero-order valence-corrected chi connectivity index (χ0v) is 11.6. The summed E-state index contributed by atoms with van der Waals surface area (Å²) in [6, 6.07) is 7.36. The first-order chi connectivity index (χ1) is 8.65. The quantitative estimate of drug-likeness (QED) is 0.932. The van der Waals surface area contributed by atoms with Crippen LogP contribution in [-0.2, 0) is 9.59 Å². The van der Waals surface area contributed by atoms with Gasteiger partial charge in [0.05, 0.1) is 6.54 Å². The van der Waals surface area contributed by atoms with Crippen molar-refractivity contribution in [2.24, 2.45) is 0 Å². The largest absolute Gasteiger partial charge is 0.333 e. The molecule has 0 bridgehead atoms. The molecule has 0 saturated carbocycles. The lowest BCUT2D eigenvalue weighted by atomic mass is 10.1. The van der Waals surface area contributed by atoms with Crippen molar-refractivity contribution in [2.45, 2.75) is 19.3 Å². The van der Waals surface area contributed by atoms with Crippen LogP contribution < -0.4 is 5.32 Å². The van der Waals surface area contributed by atoms with Gasteiger partial charge in [-0.3, -0.25) is 9.59 Å². The van der Waals surface area contributed by atoms with Gasteiger partial charge in [0.1, 0.15) is 0 Å². The third kappa shape index (κ3) is 3.57. The number of halogens is 1. The summed E-state index contributed by atoms with van der Waals surface area (Å²) in [6.45, 7) is 0.835. The van der Waals surface area contributed by atoms with E-state index >= 15 is 0 Å². The molecule has 0 radical (unpaired) electrons. The highest BCUT2D eigenvalue weighted by Crippen LogP contribution is 2.14. The minimum atomic E-state index is -0.146. The van der Waals surface area contributed by atoms with Gasteiger partial charge in [-0.2, -0.15) is 0 Å².